The molecule has 108 valence electrons. The molecule has 1 unspecified atom stereocenters. The molecule has 5 heteroatoms. The van der Waals surface area contributed by atoms with Gasteiger partial charge in [0, 0.05) is 17.3 Å². The zero-order valence-electron chi connectivity index (χ0n) is 12.7. The number of nitrogens with one attached hydrogen (secondary N) is 1. The van der Waals surface area contributed by atoms with Gasteiger partial charge in [0.25, 0.3) is 0 Å². The monoisotopic (exact) mass is 265 g/mol. The van der Waals surface area contributed by atoms with Gasteiger partial charge in [0.05, 0.1) is 6.04 Å². The van der Waals surface area contributed by atoms with Crippen LogP contribution in [-0.2, 0) is 0 Å². The maximum Gasteiger partial charge on any atom is 0.128 e. The molecule has 5 N–H and O–H groups in total. The second kappa shape index (κ2) is 6.32. The third kappa shape index (κ3) is 2.88. The second-order valence-corrected chi connectivity index (χ2v) is 5.29. The van der Waals surface area contributed by atoms with Crippen molar-refractivity contribution >= 4 is 5.82 Å². The van der Waals surface area contributed by atoms with E-state index in [-0.39, 0.29) is 11.6 Å². The molecule has 5 nitrogen and oxygen atoms in total. The smallest absolute Gasteiger partial charge is 0.128 e. The van der Waals surface area contributed by atoms with E-state index in [0.717, 1.165) is 24.0 Å². The van der Waals surface area contributed by atoms with Crippen LogP contribution in [0.1, 0.15) is 43.9 Å². The first-order valence-corrected chi connectivity index (χ1v) is 6.78. The van der Waals surface area contributed by atoms with Gasteiger partial charge in [0.1, 0.15) is 5.82 Å². The molecule has 1 aromatic heterocycles. The molecule has 0 saturated heterocycles. The number of nitrogens with zero attached hydrogens (tertiary/aromatic N) is 2. The Labute approximate surface area is 116 Å². The second-order valence-electron chi connectivity index (χ2n) is 5.29. The number of hydrazine groups is 1. The normalized spacial score (nSPS) is 13.8. The summed E-state index contributed by atoms with van der Waals surface area (Å²) in [5.41, 5.74) is 11.0. The van der Waals surface area contributed by atoms with Gasteiger partial charge >= 0.3 is 0 Å². The summed E-state index contributed by atoms with van der Waals surface area (Å²) in [6.45, 7) is 6.36. The van der Waals surface area contributed by atoms with E-state index < -0.39 is 0 Å². The van der Waals surface area contributed by atoms with Gasteiger partial charge in [0.2, 0.25) is 0 Å². The first-order valence-electron chi connectivity index (χ1n) is 6.78. The molecule has 0 radical (unpaired) electrons. The van der Waals surface area contributed by atoms with E-state index >= 15 is 0 Å². The number of pyridine rings is 1. The number of nitrogens with two attached hydrogens (primary N) is 2. The molecule has 0 amide bonds. The molecule has 0 aliphatic carbocycles. The molecule has 1 rings (SSSR count). The van der Waals surface area contributed by atoms with E-state index in [1.54, 1.807) is 6.20 Å². The average Bonchev–Trinajstić information content (AvgIpc) is 2.39. The van der Waals surface area contributed by atoms with Crippen molar-refractivity contribution in [2.24, 2.45) is 5.84 Å². The predicted molar refractivity (Wildman–Crippen MR) is 80.5 cm³/mol. The molecular weight excluding hydrogens is 238 g/mol. The Morgan fingerprint density at radius 1 is 1.37 bits per heavy atom. The summed E-state index contributed by atoms with van der Waals surface area (Å²) < 4.78 is 0. The number of anilines is 1. The third-order valence-electron chi connectivity index (χ3n) is 4.22. The van der Waals surface area contributed by atoms with Crippen molar-refractivity contribution in [1.29, 1.82) is 0 Å². The Morgan fingerprint density at radius 3 is 2.37 bits per heavy atom. The Balaban J connectivity index is 3.35. The first-order chi connectivity index (χ1) is 8.92. The number of hydrogen-bond donors (Lipinski definition) is 3. The number of nitrogen functional groups attached to an aromatic ring is 1. The highest BCUT2D eigenvalue weighted by Gasteiger charge is 2.39. The van der Waals surface area contributed by atoms with Crippen molar-refractivity contribution < 1.29 is 0 Å². The van der Waals surface area contributed by atoms with Crippen molar-refractivity contribution in [1.82, 2.24) is 15.3 Å². The van der Waals surface area contributed by atoms with Crippen molar-refractivity contribution in [3.8, 4) is 0 Å². The maximum absolute atomic E-state index is 6.05. The third-order valence-corrected chi connectivity index (χ3v) is 4.22. The van der Waals surface area contributed by atoms with Gasteiger partial charge in [-0.3, -0.25) is 11.3 Å². The molecule has 0 aliphatic heterocycles. The first kappa shape index (κ1) is 15.9. The van der Waals surface area contributed by atoms with Gasteiger partial charge in [0.15, 0.2) is 0 Å². The predicted octanol–water partition coefficient (Wildman–Crippen LogP) is 1.60. The number of rotatable bonds is 6. The number of likely N-dealkylation sites (N-methyl/N-ethyl adjacent to an activating group) is 1. The fourth-order valence-corrected chi connectivity index (χ4v) is 2.92. The minimum atomic E-state index is -0.0850. The number of aryl methyl sites for hydroxylation is 1. The lowest BCUT2D eigenvalue weighted by atomic mass is 9.80. The van der Waals surface area contributed by atoms with Crippen LogP contribution in [0.4, 0.5) is 5.82 Å². The zero-order valence-corrected chi connectivity index (χ0v) is 12.7. The fraction of sp³-hybridized carbons (Fsp3) is 0.643. The molecule has 19 heavy (non-hydrogen) atoms. The van der Waals surface area contributed by atoms with Crippen molar-refractivity contribution in [2.45, 2.75) is 45.2 Å². The minimum Gasteiger partial charge on any atom is -0.383 e. The van der Waals surface area contributed by atoms with Crippen LogP contribution in [0.25, 0.3) is 0 Å². The molecule has 0 spiro atoms. The van der Waals surface area contributed by atoms with Gasteiger partial charge in [-0.15, -0.1) is 0 Å². The van der Waals surface area contributed by atoms with Crippen LogP contribution in [0.3, 0.4) is 0 Å². The summed E-state index contributed by atoms with van der Waals surface area (Å²) in [4.78, 5) is 6.47. The van der Waals surface area contributed by atoms with Crippen LogP contribution in [0.15, 0.2) is 12.3 Å². The minimum absolute atomic E-state index is 0.0510. The summed E-state index contributed by atoms with van der Waals surface area (Å²) >= 11 is 0. The average molecular weight is 265 g/mol. The van der Waals surface area contributed by atoms with Crippen molar-refractivity contribution in [3.63, 3.8) is 0 Å². The lowest BCUT2D eigenvalue weighted by Crippen LogP contribution is -2.54. The standard InChI is InChI=1S/C14H27N5/c1-6-14(7-2,19(4)5)12(18-16)11-8-10(3)9-17-13(11)15/h8-9,12,18H,6-7,16H2,1-5H3,(H2,15,17). The van der Waals surface area contributed by atoms with Gasteiger partial charge in [-0.1, -0.05) is 13.8 Å². The molecule has 0 aromatic carbocycles. The van der Waals surface area contributed by atoms with Crippen molar-refractivity contribution in [3.05, 3.63) is 23.4 Å². The van der Waals surface area contributed by atoms with Gasteiger partial charge in [-0.2, -0.15) is 0 Å². The summed E-state index contributed by atoms with van der Waals surface area (Å²) in [6.07, 6.45) is 3.72. The highest BCUT2D eigenvalue weighted by Crippen LogP contribution is 2.37. The number of aromatic nitrogens is 1. The topological polar surface area (TPSA) is 80.2 Å². The van der Waals surface area contributed by atoms with Crippen molar-refractivity contribution in [2.75, 3.05) is 19.8 Å². The van der Waals surface area contributed by atoms with Gasteiger partial charge < -0.3 is 10.6 Å². The van der Waals surface area contributed by atoms with Crippen LogP contribution in [0.5, 0.6) is 0 Å². The Kier molecular flexibility index (Phi) is 5.29. The van der Waals surface area contributed by atoms with E-state index in [0.29, 0.717) is 5.82 Å². The molecule has 1 heterocycles. The zero-order chi connectivity index (χ0) is 14.6. The molecule has 0 bridgehead atoms. The molecule has 0 fully saturated rings. The lowest BCUT2D eigenvalue weighted by Gasteiger charge is -2.45. The van der Waals surface area contributed by atoms with Crippen LogP contribution >= 0.6 is 0 Å². The van der Waals surface area contributed by atoms with E-state index in [9.17, 15) is 0 Å². The Bertz CT molecular complexity index is 412. The van der Waals surface area contributed by atoms with Crippen LogP contribution in [0.2, 0.25) is 0 Å². The lowest BCUT2D eigenvalue weighted by molar-refractivity contribution is 0.0883. The molecular formula is C14H27N5. The fourth-order valence-electron chi connectivity index (χ4n) is 2.92. The molecule has 1 atom stereocenters. The molecule has 0 aliphatic rings. The van der Waals surface area contributed by atoms with E-state index in [1.165, 1.54) is 0 Å². The molecule has 1 aromatic rings. The number of hydrogen-bond acceptors (Lipinski definition) is 5. The van der Waals surface area contributed by atoms with Crippen LogP contribution in [-0.4, -0.2) is 29.5 Å². The summed E-state index contributed by atoms with van der Waals surface area (Å²) in [5, 5.41) is 0. The summed E-state index contributed by atoms with van der Waals surface area (Å²) in [5.74, 6) is 6.38. The van der Waals surface area contributed by atoms with Gasteiger partial charge in [-0.05, 0) is 45.5 Å². The molecule has 0 saturated carbocycles. The van der Waals surface area contributed by atoms with Crippen LogP contribution < -0.4 is 17.0 Å². The van der Waals surface area contributed by atoms with E-state index in [4.69, 9.17) is 11.6 Å². The summed E-state index contributed by atoms with van der Waals surface area (Å²) in [6, 6.07) is 2.01. The van der Waals surface area contributed by atoms with E-state index in [1.807, 2.05) is 6.92 Å². The van der Waals surface area contributed by atoms with Crippen LogP contribution in [0, 0.1) is 6.92 Å². The highest BCUT2D eigenvalue weighted by molar-refractivity contribution is 5.44. The SMILES string of the molecule is CCC(CC)(C(NN)c1cc(C)cnc1N)N(C)C. The maximum atomic E-state index is 6.05. The Morgan fingerprint density at radius 2 is 1.95 bits per heavy atom. The highest BCUT2D eigenvalue weighted by atomic mass is 15.3. The summed E-state index contributed by atoms with van der Waals surface area (Å²) in [7, 11) is 4.16. The Hall–Kier alpha value is -1.17. The van der Waals surface area contributed by atoms with E-state index in [2.05, 4.69) is 49.3 Å². The van der Waals surface area contributed by atoms with Gasteiger partial charge in [-0.25, -0.2) is 4.98 Å². The largest absolute Gasteiger partial charge is 0.383 e. The quantitative estimate of drug-likeness (QED) is 0.538.